The molecule has 0 saturated heterocycles. The third-order valence-electron chi connectivity index (χ3n) is 10.4. The Hall–Kier alpha value is -2.10. The molecule has 1 N–H and O–H groups in total. The van der Waals surface area contributed by atoms with Crippen molar-refractivity contribution in [1.82, 2.24) is 5.32 Å². The molecule has 2 heterocycles. The highest BCUT2D eigenvalue weighted by Crippen LogP contribution is 2.65. The maximum Gasteiger partial charge on any atom is 0.243 e. The van der Waals surface area contributed by atoms with Crippen LogP contribution in [0.2, 0.25) is 0 Å². The Morgan fingerprint density at radius 3 is 2.78 bits per heavy atom. The van der Waals surface area contributed by atoms with Gasteiger partial charge in [0.15, 0.2) is 0 Å². The quantitative estimate of drug-likeness (QED) is 0.688. The number of nitrogens with zero attached hydrogens (tertiary/aromatic N) is 1. The van der Waals surface area contributed by atoms with E-state index in [1.54, 1.807) is 6.08 Å². The van der Waals surface area contributed by atoms with E-state index < -0.39 is 0 Å². The Morgan fingerprint density at radius 2 is 1.91 bits per heavy atom. The fourth-order valence-corrected chi connectivity index (χ4v) is 8.69. The van der Waals surface area contributed by atoms with Crippen LogP contribution < -0.4 is 10.2 Å². The second-order valence-electron chi connectivity index (χ2n) is 11.6. The van der Waals surface area contributed by atoms with Gasteiger partial charge in [-0.05, 0) is 92.2 Å². The highest BCUT2D eigenvalue weighted by molar-refractivity contribution is 5.97. The SMILES string of the molecule is C[C@]12C=CC(=O)N[C@@H]1CC[C@@H]1[C@@H]2CC[C@]2(C)[C@@H](C(=O)N3CCCc4ccccc43)CC[C@@H]12. The molecule has 4 heteroatoms. The fraction of sp³-hybridized carbons (Fsp3) is 0.643. The number of carbonyl (C=O) groups is 2. The molecule has 7 atom stereocenters. The third kappa shape index (κ3) is 2.80. The fourth-order valence-electron chi connectivity index (χ4n) is 8.69. The zero-order valence-electron chi connectivity index (χ0n) is 19.5. The second-order valence-corrected chi connectivity index (χ2v) is 11.6. The molecule has 0 unspecified atom stereocenters. The van der Waals surface area contributed by atoms with Crippen LogP contribution in [0.5, 0.6) is 0 Å². The van der Waals surface area contributed by atoms with Crippen LogP contribution in [0.1, 0.15) is 64.4 Å². The van der Waals surface area contributed by atoms with Gasteiger partial charge in [-0.15, -0.1) is 0 Å². The van der Waals surface area contributed by atoms with Gasteiger partial charge in [0.05, 0.1) is 0 Å². The average molecular weight is 433 g/mol. The van der Waals surface area contributed by atoms with Gasteiger partial charge in [0.1, 0.15) is 0 Å². The summed E-state index contributed by atoms with van der Waals surface area (Å²) in [6.07, 6.45) is 12.9. The van der Waals surface area contributed by atoms with E-state index in [0.717, 1.165) is 44.3 Å². The number of hydrogen-bond acceptors (Lipinski definition) is 2. The Labute approximate surface area is 191 Å². The van der Waals surface area contributed by atoms with Crippen LogP contribution in [0.4, 0.5) is 5.69 Å². The van der Waals surface area contributed by atoms with Crippen LogP contribution in [-0.4, -0.2) is 24.4 Å². The molecule has 3 saturated carbocycles. The topological polar surface area (TPSA) is 49.4 Å². The van der Waals surface area contributed by atoms with Crippen molar-refractivity contribution >= 4 is 17.5 Å². The van der Waals surface area contributed by atoms with Gasteiger partial charge in [-0.2, -0.15) is 0 Å². The minimum absolute atomic E-state index is 0.0616. The first-order valence-electron chi connectivity index (χ1n) is 12.8. The first-order chi connectivity index (χ1) is 15.4. The molecule has 2 aliphatic heterocycles. The summed E-state index contributed by atoms with van der Waals surface area (Å²) in [5.74, 6) is 2.50. The van der Waals surface area contributed by atoms with Crippen LogP contribution in [0.3, 0.4) is 0 Å². The summed E-state index contributed by atoms with van der Waals surface area (Å²) in [6.45, 7) is 5.67. The summed E-state index contributed by atoms with van der Waals surface area (Å²) in [7, 11) is 0. The van der Waals surface area contributed by atoms with Crippen molar-refractivity contribution in [2.24, 2.45) is 34.5 Å². The molecular formula is C28H36N2O2. The number of rotatable bonds is 1. The van der Waals surface area contributed by atoms with E-state index >= 15 is 0 Å². The predicted molar refractivity (Wildman–Crippen MR) is 126 cm³/mol. The smallest absolute Gasteiger partial charge is 0.243 e. The van der Waals surface area contributed by atoms with E-state index in [1.165, 1.54) is 24.8 Å². The minimum Gasteiger partial charge on any atom is -0.349 e. The summed E-state index contributed by atoms with van der Waals surface area (Å²) < 4.78 is 0. The lowest BCUT2D eigenvalue weighted by Crippen LogP contribution is -2.59. The van der Waals surface area contributed by atoms with Gasteiger partial charge in [-0.1, -0.05) is 38.1 Å². The van der Waals surface area contributed by atoms with Gasteiger partial charge < -0.3 is 10.2 Å². The summed E-state index contributed by atoms with van der Waals surface area (Å²) in [5.41, 5.74) is 2.65. The second kappa shape index (κ2) is 7.20. The Morgan fingerprint density at radius 1 is 1.06 bits per heavy atom. The number of nitrogens with one attached hydrogen (secondary N) is 1. The van der Waals surface area contributed by atoms with Crippen molar-refractivity contribution in [3.05, 3.63) is 42.0 Å². The summed E-state index contributed by atoms with van der Waals surface area (Å²) in [4.78, 5) is 28.1. The molecule has 1 aromatic carbocycles. The molecule has 32 heavy (non-hydrogen) atoms. The number of carbonyl (C=O) groups excluding carboxylic acids is 2. The zero-order chi connectivity index (χ0) is 22.1. The number of para-hydroxylation sites is 1. The summed E-state index contributed by atoms with van der Waals surface area (Å²) >= 11 is 0. The molecule has 1 aromatic rings. The molecule has 6 rings (SSSR count). The monoisotopic (exact) mass is 432 g/mol. The molecule has 0 aromatic heterocycles. The van der Waals surface area contributed by atoms with E-state index in [4.69, 9.17) is 0 Å². The minimum atomic E-state index is 0.0616. The molecule has 3 aliphatic carbocycles. The highest BCUT2D eigenvalue weighted by atomic mass is 16.2. The van der Waals surface area contributed by atoms with Crippen LogP contribution in [-0.2, 0) is 16.0 Å². The van der Waals surface area contributed by atoms with Crippen molar-refractivity contribution in [2.45, 2.75) is 71.3 Å². The predicted octanol–water partition coefficient (Wildman–Crippen LogP) is 4.88. The first kappa shape index (κ1) is 20.5. The van der Waals surface area contributed by atoms with Gasteiger partial charge >= 0.3 is 0 Å². The van der Waals surface area contributed by atoms with Gasteiger partial charge in [-0.25, -0.2) is 0 Å². The maximum absolute atomic E-state index is 14.0. The van der Waals surface area contributed by atoms with E-state index in [1.807, 2.05) is 0 Å². The van der Waals surface area contributed by atoms with Crippen molar-refractivity contribution in [3.8, 4) is 0 Å². The van der Waals surface area contributed by atoms with Gasteiger partial charge in [-0.3, -0.25) is 9.59 Å². The molecule has 170 valence electrons. The van der Waals surface area contributed by atoms with Crippen molar-refractivity contribution in [3.63, 3.8) is 0 Å². The Bertz CT molecular complexity index is 985. The van der Waals surface area contributed by atoms with Gasteiger partial charge in [0, 0.05) is 29.6 Å². The first-order valence-corrected chi connectivity index (χ1v) is 12.8. The van der Waals surface area contributed by atoms with Crippen molar-refractivity contribution < 1.29 is 9.59 Å². The molecule has 2 amide bonds. The van der Waals surface area contributed by atoms with E-state index in [9.17, 15) is 9.59 Å². The number of fused-ring (bicyclic) bond motifs is 6. The van der Waals surface area contributed by atoms with Gasteiger partial charge in [0.25, 0.3) is 0 Å². The molecule has 0 radical (unpaired) electrons. The van der Waals surface area contributed by atoms with Crippen LogP contribution in [0, 0.1) is 34.5 Å². The molecular weight excluding hydrogens is 396 g/mol. The molecule has 0 bridgehead atoms. The molecule has 5 aliphatic rings. The molecule has 0 spiro atoms. The van der Waals surface area contributed by atoms with Gasteiger partial charge in [0.2, 0.25) is 11.8 Å². The summed E-state index contributed by atoms with van der Waals surface area (Å²) in [6, 6.07) is 8.78. The normalized spacial score (nSPS) is 42.4. The van der Waals surface area contributed by atoms with Crippen molar-refractivity contribution in [1.29, 1.82) is 0 Å². The lowest BCUT2D eigenvalue weighted by Gasteiger charge is -2.58. The number of amides is 2. The van der Waals surface area contributed by atoms with Crippen LogP contribution in [0.15, 0.2) is 36.4 Å². The number of hydrogen-bond donors (Lipinski definition) is 1. The van der Waals surface area contributed by atoms with Crippen molar-refractivity contribution in [2.75, 3.05) is 11.4 Å². The number of aryl methyl sites for hydroxylation is 1. The highest BCUT2D eigenvalue weighted by Gasteiger charge is 2.61. The number of benzene rings is 1. The lowest BCUT2D eigenvalue weighted by atomic mass is 9.48. The largest absolute Gasteiger partial charge is 0.349 e. The van der Waals surface area contributed by atoms with E-state index in [0.29, 0.717) is 23.7 Å². The Balaban J connectivity index is 1.28. The van der Waals surface area contributed by atoms with Crippen LogP contribution in [0.25, 0.3) is 0 Å². The number of anilines is 1. The average Bonchev–Trinajstić information content (AvgIpc) is 3.16. The van der Waals surface area contributed by atoms with E-state index in [-0.39, 0.29) is 28.7 Å². The lowest BCUT2D eigenvalue weighted by molar-refractivity contribution is -0.132. The zero-order valence-corrected chi connectivity index (χ0v) is 19.5. The molecule has 3 fully saturated rings. The summed E-state index contributed by atoms with van der Waals surface area (Å²) in [5, 5.41) is 3.25. The standard InChI is InChI=1S/C28H36N2O2/c1-27-15-13-21-19(9-12-24-28(21,2)16-14-25(31)29-24)20(27)10-11-22(27)26(32)30-17-5-7-18-6-3-4-8-23(18)30/h3-4,6,8,14,16,19-22,24H,5,7,9-13,15,17H2,1-2H3,(H,29,31)/t19-,20-,21-,22+,24+,27-,28+/m0/s1. The molecule has 4 nitrogen and oxygen atoms in total. The maximum atomic E-state index is 14.0. The van der Waals surface area contributed by atoms with Crippen LogP contribution >= 0.6 is 0 Å². The Kier molecular flexibility index (Phi) is 4.61. The third-order valence-corrected chi connectivity index (χ3v) is 10.4. The van der Waals surface area contributed by atoms with E-state index in [2.05, 4.69) is 54.4 Å².